The van der Waals surface area contributed by atoms with Crippen LogP contribution in [-0.4, -0.2) is 32.0 Å². The summed E-state index contributed by atoms with van der Waals surface area (Å²) < 4.78 is 5.78. The first-order valence-electron chi connectivity index (χ1n) is 8.29. The molecule has 26 heavy (non-hydrogen) atoms. The second-order valence-corrected chi connectivity index (χ2v) is 6.33. The number of hydrogen-bond donors (Lipinski definition) is 2. The molecular weight excluding hydrogens is 398 g/mol. The van der Waals surface area contributed by atoms with Gasteiger partial charge in [0.25, 0.3) is 11.8 Å². The van der Waals surface area contributed by atoms with Crippen LogP contribution in [0.1, 0.15) is 34.6 Å². The van der Waals surface area contributed by atoms with Gasteiger partial charge in [-0.2, -0.15) is 0 Å². The number of benzene rings is 2. The molecule has 6 nitrogen and oxygen atoms in total. The van der Waals surface area contributed by atoms with E-state index in [4.69, 9.17) is 4.74 Å². The topological polar surface area (TPSA) is 70.7 Å². The Labute approximate surface area is 161 Å². The lowest BCUT2D eigenvalue weighted by Crippen LogP contribution is -2.41. The molecule has 0 bridgehead atoms. The van der Waals surface area contributed by atoms with Crippen molar-refractivity contribution in [3.05, 3.63) is 58.1 Å². The number of ether oxygens (including phenoxy) is 1. The first-order chi connectivity index (χ1) is 12.5. The van der Waals surface area contributed by atoms with E-state index in [1.807, 2.05) is 12.1 Å². The maximum absolute atomic E-state index is 12.2. The Hall–Kier alpha value is -2.54. The highest BCUT2D eigenvalue weighted by atomic mass is 79.9. The number of methoxy groups -OCH3 is 1. The molecule has 0 saturated heterocycles. The van der Waals surface area contributed by atoms with Gasteiger partial charge in [0.15, 0.2) is 0 Å². The predicted molar refractivity (Wildman–Crippen MR) is 106 cm³/mol. The fourth-order valence-electron chi connectivity index (χ4n) is 2.48. The fourth-order valence-corrected chi connectivity index (χ4v) is 3.02. The van der Waals surface area contributed by atoms with Crippen molar-refractivity contribution in [2.75, 3.05) is 25.1 Å². The quantitative estimate of drug-likeness (QED) is 0.704. The highest BCUT2D eigenvalue weighted by molar-refractivity contribution is 9.10. The van der Waals surface area contributed by atoms with Gasteiger partial charge in [-0.3, -0.25) is 20.4 Å². The van der Waals surface area contributed by atoms with Gasteiger partial charge >= 0.3 is 0 Å². The van der Waals surface area contributed by atoms with Crippen molar-refractivity contribution in [2.45, 2.75) is 13.8 Å². The van der Waals surface area contributed by atoms with Crippen molar-refractivity contribution in [3.8, 4) is 5.75 Å². The number of hydrogen-bond acceptors (Lipinski definition) is 4. The lowest BCUT2D eigenvalue weighted by molar-refractivity contribution is 0.0846. The summed E-state index contributed by atoms with van der Waals surface area (Å²) in [5.74, 6) is -0.169. The molecule has 0 aliphatic heterocycles. The maximum Gasteiger partial charge on any atom is 0.269 e. The molecule has 0 heterocycles. The summed E-state index contributed by atoms with van der Waals surface area (Å²) in [6.45, 7) is 5.96. The minimum atomic E-state index is -0.415. The standard InChI is InChI=1S/C19H22BrN3O3/c1-4-23(5-2)15-9-6-13(7-10-15)18(24)21-22-19(25)14-8-11-17(26-3)16(20)12-14/h6-12H,4-5H2,1-3H3,(H,21,24)(H,22,25). The summed E-state index contributed by atoms with van der Waals surface area (Å²) in [4.78, 5) is 26.5. The van der Waals surface area contributed by atoms with Crippen molar-refractivity contribution in [2.24, 2.45) is 0 Å². The van der Waals surface area contributed by atoms with Gasteiger partial charge in [0, 0.05) is 29.9 Å². The molecule has 0 aromatic heterocycles. The summed E-state index contributed by atoms with van der Waals surface area (Å²) in [6, 6.07) is 12.2. The average molecular weight is 420 g/mol. The Morgan fingerprint density at radius 3 is 2.00 bits per heavy atom. The molecule has 2 N–H and O–H groups in total. The zero-order valence-corrected chi connectivity index (χ0v) is 16.6. The molecule has 0 atom stereocenters. The third-order valence-corrected chi connectivity index (χ3v) is 4.58. The largest absolute Gasteiger partial charge is 0.496 e. The van der Waals surface area contributed by atoms with E-state index < -0.39 is 5.91 Å². The van der Waals surface area contributed by atoms with E-state index in [2.05, 4.69) is 45.5 Å². The van der Waals surface area contributed by atoms with Crippen LogP contribution >= 0.6 is 15.9 Å². The number of halogens is 1. The molecule has 138 valence electrons. The molecule has 0 fully saturated rings. The van der Waals surface area contributed by atoms with Crippen LogP contribution in [0.25, 0.3) is 0 Å². The Morgan fingerprint density at radius 2 is 1.50 bits per heavy atom. The van der Waals surface area contributed by atoms with E-state index in [9.17, 15) is 9.59 Å². The first-order valence-corrected chi connectivity index (χ1v) is 9.08. The molecule has 2 amide bonds. The van der Waals surface area contributed by atoms with Crippen LogP contribution in [0.3, 0.4) is 0 Å². The Bertz CT molecular complexity index is 774. The van der Waals surface area contributed by atoms with Gasteiger partial charge in [-0.1, -0.05) is 0 Å². The number of nitrogens with zero attached hydrogens (tertiary/aromatic N) is 1. The number of hydrazine groups is 1. The molecule has 2 rings (SSSR count). The lowest BCUT2D eigenvalue weighted by Gasteiger charge is -2.21. The molecular formula is C19H22BrN3O3. The number of anilines is 1. The van der Waals surface area contributed by atoms with Crippen LogP contribution < -0.4 is 20.5 Å². The van der Waals surface area contributed by atoms with Crippen molar-refractivity contribution < 1.29 is 14.3 Å². The molecule has 0 unspecified atom stereocenters. The second kappa shape index (κ2) is 9.24. The Morgan fingerprint density at radius 1 is 0.962 bits per heavy atom. The van der Waals surface area contributed by atoms with Crippen molar-refractivity contribution in [3.63, 3.8) is 0 Å². The summed E-state index contributed by atoms with van der Waals surface area (Å²) in [5, 5.41) is 0. The van der Waals surface area contributed by atoms with Gasteiger partial charge in [0.1, 0.15) is 5.75 Å². The Kier molecular flexibility index (Phi) is 7.03. The molecule has 2 aromatic carbocycles. The van der Waals surface area contributed by atoms with E-state index in [-0.39, 0.29) is 5.91 Å². The fraction of sp³-hybridized carbons (Fsp3) is 0.263. The number of carbonyl (C=O) groups excluding carboxylic acids is 2. The van der Waals surface area contributed by atoms with Crippen molar-refractivity contribution in [1.82, 2.24) is 10.9 Å². The van der Waals surface area contributed by atoms with Gasteiger partial charge in [-0.25, -0.2) is 0 Å². The van der Waals surface area contributed by atoms with Gasteiger partial charge in [-0.05, 0) is 72.2 Å². The first kappa shape index (κ1) is 19.8. The van der Waals surface area contributed by atoms with Crippen LogP contribution in [0.15, 0.2) is 46.9 Å². The third kappa shape index (κ3) is 4.76. The summed E-state index contributed by atoms with van der Waals surface area (Å²) in [6.07, 6.45) is 0. The summed E-state index contributed by atoms with van der Waals surface area (Å²) in [5.41, 5.74) is 6.76. The van der Waals surface area contributed by atoms with E-state index in [1.165, 1.54) is 0 Å². The van der Waals surface area contributed by atoms with E-state index in [0.29, 0.717) is 21.3 Å². The van der Waals surface area contributed by atoms with Gasteiger partial charge in [0.05, 0.1) is 11.6 Å². The van der Waals surface area contributed by atoms with E-state index in [0.717, 1.165) is 18.8 Å². The average Bonchev–Trinajstić information content (AvgIpc) is 2.67. The minimum Gasteiger partial charge on any atom is -0.496 e. The zero-order chi connectivity index (χ0) is 19.1. The zero-order valence-electron chi connectivity index (χ0n) is 15.0. The minimum absolute atomic E-state index is 0.378. The number of carbonyl (C=O) groups is 2. The molecule has 2 aromatic rings. The second-order valence-electron chi connectivity index (χ2n) is 5.48. The van der Waals surface area contributed by atoms with Crippen molar-refractivity contribution >= 4 is 33.4 Å². The predicted octanol–water partition coefficient (Wildman–Crippen LogP) is 3.38. The van der Waals surface area contributed by atoms with Crippen LogP contribution in [0.4, 0.5) is 5.69 Å². The summed E-state index contributed by atoms with van der Waals surface area (Å²) in [7, 11) is 1.55. The highest BCUT2D eigenvalue weighted by Gasteiger charge is 2.11. The molecule has 0 aliphatic rings. The van der Waals surface area contributed by atoms with Crippen LogP contribution in [0.5, 0.6) is 5.75 Å². The van der Waals surface area contributed by atoms with Gasteiger partial charge in [0.2, 0.25) is 0 Å². The number of amides is 2. The van der Waals surface area contributed by atoms with Gasteiger partial charge < -0.3 is 9.64 Å². The van der Waals surface area contributed by atoms with Crippen LogP contribution in [0, 0.1) is 0 Å². The van der Waals surface area contributed by atoms with Crippen molar-refractivity contribution in [1.29, 1.82) is 0 Å². The van der Waals surface area contributed by atoms with Gasteiger partial charge in [-0.15, -0.1) is 0 Å². The molecule has 0 spiro atoms. The monoisotopic (exact) mass is 419 g/mol. The number of rotatable bonds is 6. The van der Waals surface area contributed by atoms with E-state index in [1.54, 1.807) is 37.4 Å². The normalized spacial score (nSPS) is 10.2. The Balaban J connectivity index is 1.97. The van der Waals surface area contributed by atoms with Crippen LogP contribution in [-0.2, 0) is 0 Å². The molecule has 0 radical (unpaired) electrons. The highest BCUT2D eigenvalue weighted by Crippen LogP contribution is 2.25. The number of nitrogens with one attached hydrogen (secondary N) is 2. The van der Waals surface area contributed by atoms with Crippen LogP contribution in [0.2, 0.25) is 0 Å². The SMILES string of the molecule is CCN(CC)c1ccc(C(=O)NNC(=O)c2ccc(OC)c(Br)c2)cc1. The molecule has 0 aliphatic carbocycles. The lowest BCUT2D eigenvalue weighted by atomic mass is 10.2. The molecule has 0 saturated carbocycles. The third-order valence-electron chi connectivity index (χ3n) is 3.96. The smallest absolute Gasteiger partial charge is 0.269 e. The maximum atomic E-state index is 12.2. The van der Waals surface area contributed by atoms with E-state index >= 15 is 0 Å². The molecule has 7 heteroatoms. The summed E-state index contributed by atoms with van der Waals surface area (Å²) >= 11 is 3.33.